The van der Waals surface area contributed by atoms with Crippen molar-refractivity contribution in [3.63, 3.8) is 0 Å². The van der Waals surface area contributed by atoms with Crippen LogP contribution >= 0.6 is 0 Å². The lowest BCUT2D eigenvalue weighted by atomic mass is 10.0. The number of nitro groups is 1. The minimum Gasteiger partial charge on any atom is -0.367 e. The summed E-state index contributed by atoms with van der Waals surface area (Å²) in [6.45, 7) is 1.99. The molecule has 1 aromatic rings. The van der Waals surface area contributed by atoms with Crippen molar-refractivity contribution < 1.29 is 4.92 Å². The van der Waals surface area contributed by atoms with E-state index in [1.54, 1.807) is 12.1 Å². The fourth-order valence-corrected chi connectivity index (χ4v) is 2.55. The summed E-state index contributed by atoms with van der Waals surface area (Å²) in [6.07, 6.45) is 3.63. The summed E-state index contributed by atoms with van der Waals surface area (Å²) >= 11 is 0. The predicted molar refractivity (Wildman–Crippen MR) is 72.0 cm³/mol. The Labute approximate surface area is 107 Å². The highest BCUT2D eigenvalue weighted by molar-refractivity contribution is 5.52. The minimum absolute atomic E-state index is 0.154. The first-order chi connectivity index (χ1) is 8.72. The van der Waals surface area contributed by atoms with Gasteiger partial charge in [-0.25, -0.2) is 0 Å². The SMILES string of the molecule is CNCC1CCCCN1c1ccc([N+](=O)[O-])cc1. The van der Waals surface area contributed by atoms with E-state index in [-0.39, 0.29) is 10.6 Å². The van der Waals surface area contributed by atoms with Crippen molar-refractivity contribution in [2.75, 3.05) is 25.0 Å². The van der Waals surface area contributed by atoms with E-state index in [2.05, 4.69) is 10.2 Å². The minimum atomic E-state index is -0.356. The number of rotatable bonds is 4. The third kappa shape index (κ3) is 2.79. The van der Waals surface area contributed by atoms with E-state index < -0.39 is 0 Å². The Hall–Kier alpha value is -1.62. The number of likely N-dealkylation sites (N-methyl/N-ethyl adjacent to an activating group) is 1. The molecule has 0 radical (unpaired) electrons. The van der Waals surface area contributed by atoms with Crippen LogP contribution in [0.15, 0.2) is 24.3 Å². The maximum Gasteiger partial charge on any atom is 0.269 e. The Morgan fingerprint density at radius 1 is 1.39 bits per heavy atom. The van der Waals surface area contributed by atoms with Crippen LogP contribution in [-0.4, -0.2) is 31.1 Å². The smallest absolute Gasteiger partial charge is 0.269 e. The Kier molecular flexibility index (Phi) is 4.15. The lowest BCUT2D eigenvalue weighted by molar-refractivity contribution is -0.384. The number of piperidine rings is 1. The zero-order valence-corrected chi connectivity index (χ0v) is 10.6. The molecule has 1 fully saturated rings. The third-order valence-electron chi connectivity index (χ3n) is 3.46. The molecule has 0 amide bonds. The van der Waals surface area contributed by atoms with Crippen LogP contribution in [0.25, 0.3) is 0 Å². The third-order valence-corrected chi connectivity index (χ3v) is 3.46. The number of hydrogen-bond donors (Lipinski definition) is 1. The standard InChI is InChI=1S/C13H19N3O2/c1-14-10-13-4-2-3-9-15(13)11-5-7-12(8-6-11)16(17)18/h5-8,13-14H,2-4,9-10H2,1H3. The quantitative estimate of drug-likeness (QED) is 0.656. The molecular weight excluding hydrogens is 230 g/mol. The van der Waals surface area contributed by atoms with Crippen molar-refractivity contribution in [2.45, 2.75) is 25.3 Å². The summed E-state index contributed by atoms with van der Waals surface area (Å²) < 4.78 is 0. The summed E-state index contributed by atoms with van der Waals surface area (Å²) in [4.78, 5) is 12.6. The topological polar surface area (TPSA) is 58.4 Å². The van der Waals surface area contributed by atoms with Crippen LogP contribution in [0.4, 0.5) is 11.4 Å². The van der Waals surface area contributed by atoms with Crippen LogP contribution < -0.4 is 10.2 Å². The van der Waals surface area contributed by atoms with Gasteiger partial charge in [0.15, 0.2) is 0 Å². The van der Waals surface area contributed by atoms with Gasteiger partial charge in [-0.2, -0.15) is 0 Å². The van der Waals surface area contributed by atoms with Crippen molar-refractivity contribution in [1.82, 2.24) is 5.32 Å². The fourth-order valence-electron chi connectivity index (χ4n) is 2.55. The molecule has 0 aromatic heterocycles. The molecule has 1 aliphatic rings. The molecule has 0 aliphatic carbocycles. The van der Waals surface area contributed by atoms with Crippen molar-refractivity contribution in [3.05, 3.63) is 34.4 Å². The predicted octanol–water partition coefficient (Wildman–Crippen LogP) is 2.17. The second-order valence-corrected chi connectivity index (χ2v) is 4.67. The van der Waals surface area contributed by atoms with Gasteiger partial charge in [0.2, 0.25) is 0 Å². The molecule has 1 unspecified atom stereocenters. The van der Waals surface area contributed by atoms with Gasteiger partial charge in [0.25, 0.3) is 5.69 Å². The molecular formula is C13H19N3O2. The molecule has 0 spiro atoms. The molecule has 1 N–H and O–H groups in total. The molecule has 98 valence electrons. The summed E-state index contributed by atoms with van der Waals surface area (Å²) in [6, 6.07) is 7.36. The number of nitrogens with zero attached hydrogens (tertiary/aromatic N) is 2. The van der Waals surface area contributed by atoms with E-state index in [4.69, 9.17) is 0 Å². The second-order valence-electron chi connectivity index (χ2n) is 4.67. The largest absolute Gasteiger partial charge is 0.367 e. The van der Waals surface area contributed by atoms with Gasteiger partial charge in [-0.05, 0) is 38.4 Å². The van der Waals surface area contributed by atoms with E-state index >= 15 is 0 Å². The van der Waals surface area contributed by atoms with Crippen molar-refractivity contribution in [3.8, 4) is 0 Å². The monoisotopic (exact) mass is 249 g/mol. The fraction of sp³-hybridized carbons (Fsp3) is 0.538. The first-order valence-corrected chi connectivity index (χ1v) is 6.38. The molecule has 1 aromatic carbocycles. The molecule has 0 bridgehead atoms. The van der Waals surface area contributed by atoms with E-state index in [1.165, 1.54) is 19.3 Å². The normalized spacial score (nSPS) is 19.8. The Balaban J connectivity index is 2.15. The highest BCUT2D eigenvalue weighted by Crippen LogP contribution is 2.26. The highest BCUT2D eigenvalue weighted by Gasteiger charge is 2.22. The number of nitro benzene ring substituents is 1. The van der Waals surface area contributed by atoms with E-state index in [0.29, 0.717) is 6.04 Å². The zero-order chi connectivity index (χ0) is 13.0. The Morgan fingerprint density at radius 2 is 2.11 bits per heavy atom. The molecule has 1 atom stereocenters. The number of non-ortho nitro benzene ring substituents is 1. The average molecular weight is 249 g/mol. The number of benzene rings is 1. The lowest BCUT2D eigenvalue weighted by Gasteiger charge is -2.37. The Bertz CT molecular complexity index is 403. The van der Waals surface area contributed by atoms with Crippen LogP contribution in [0.5, 0.6) is 0 Å². The van der Waals surface area contributed by atoms with Gasteiger partial charge in [0.05, 0.1) is 4.92 Å². The van der Waals surface area contributed by atoms with Gasteiger partial charge in [-0.3, -0.25) is 10.1 Å². The summed E-state index contributed by atoms with van der Waals surface area (Å²) in [5.74, 6) is 0. The van der Waals surface area contributed by atoms with Crippen LogP contribution in [-0.2, 0) is 0 Å². The maximum absolute atomic E-state index is 10.6. The molecule has 2 rings (SSSR count). The molecule has 0 saturated carbocycles. The van der Waals surface area contributed by atoms with Gasteiger partial charge in [-0.1, -0.05) is 0 Å². The van der Waals surface area contributed by atoms with Crippen molar-refractivity contribution in [1.29, 1.82) is 0 Å². The maximum atomic E-state index is 10.6. The summed E-state index contributed by atoms with van der Waals surface area (Å²) in [5.41, 5.74) is 1.24. The van der Waals surface area contributed by atoms with Gasteiger partial charge in [0, 0.05) is 37.0 Å². The zero-order valence-electron chi connectivity index (χ0n) is 10.6. The number of anilines is 1. The Morgan fingerprint density at radius 3 is 2.72 bits per heavy atom. The molecule has 5 heteroatoms. The molecule has 1 saturated heterocycles. The van der Waals surface area contributed by atoms with Crippen LogP contribution in [0.2, 0.25) is 0 Å². The van der Waals surface area contributed by atoms with E-state index in [1.807, 2.05) is 19.2 Å². The van der Waals surface area contributed by atoms with Crippen LogP contribution in [0.3, 0.4) is 0 Å². The van der Waals surface area contributed by atoms with E-state index in [9.17, 15) is 10.1 Å². The lowest BCUT2D eigenvalue weighted by Crippen LogP contribution is -2.44. The summed E-state index contributed by atoms with van der Waals surface area (Å²) in [7, 11) is 1.96. The van der Waals surface area contributed by atoms with Gasteiger partial charge in [0.1, 0.15) is 0 Å². The molecule has 1 heterocycles. The highest BCUT2D eigenvalue weighted by atomic mass is 16.6. The van der Waals surface area contributed by atoms with Crippen molar-refractivity contribution >= 4 is 11.4 Å². The van der Waals surface area contributed by atoms with Gasteiger partial charge in [-0.15, -0.1) is 0 Å². The van der Waals surface area contributed by atoms with Gasteiger partial charge < -0.3 is 10.2 Å². The van der Waals surface area contributed by atoms with Crippen molar-refractivity contribution in [2.24, 2.45) is 0 Å². The number of hydrogen-bond acceptors (Lipinski definition) is 4. The van der Waals surface area contributed by atoms with Crippen LogP contribution in [0.1, 0.15) is 19.3 Å². The number of nitrogens with one attached hydrogen (secondary N) is 1. The first kappa shape index (κ1) is 12.8. The second kappa shape index (κ2) is 5.82. The first-order valence-electron chi connectivity index (χ1n) is 6.38. The summed E-state index contributed by atoms with van der Waals surface area (Å²) in [5, 5.41) is 13.9. The molecule has 18 heavy (non-hydrogen) atoms. The van der Waals surface area contributed by atoms with Crippen LogP contribution in [0, 0.1) is 10.1 Å². The van der Waals surface area contributed by atoms with E-state index in [0.717, 1.165) is 18.8 Å². The average Bonchev–Trinajstić information content (AvgIpc) is 2.40. The van der Waals surface area contributed by atoms with Gasteiger partial charge >= 0.3 is 0 Å². The molecule has 5 nitrogen and oxygen atoms in total. The molecule has 1 aliphatic heterocycles.